The van der Waals surface area contributed by atoms with E-state index in [0.29, 0.717) is 24.3 Å². The number of nitrogens with zero attached hydrogens (tertiary/aromatic N) is 2. The van der Waals surface area contributed by atoms with Crippen molar-refractivity contribution in [2.75, 3.05) is 11.9 Å². The van der Waals surface area contributed by atoms with Crippen molar-refractivity contribution in [1.29, 1.82) is 5.26 Å². The van der Waals surface area contributed by atoms with Crippen molar-refractivity contribution in [3.63, 3.8) is 0 Å². The zero-order valence-corrected chi connectivity index (χ0v) is 8.73. The number of amides is 1. The van der Waals surface area contributed by atoms with Crippen LogP contribution in [0, 0.1) is 11.3 Å². The molecule has 0 radical (unpaired) electrons. The van der Waals surface area contributed by atoms with Gasteiger partial charge in [0, 0.05) is 25.2 Å². The second-order valence-electron chi connectivity index (χ2n) is 3.73. The minimum absolute atomic E-state index is 0.0942. The van der Waals surface area contributed by atoms with Crippen LogP contribution in [0.2, 0.25) is 0 Å². The first-order valence-electron chi connectivity index (χ1n) is 5.17. The lowest BCUT2D eigenvalue weighted by molar-refractivity contribution is -0.122. The molecule has 2 rings (SSSR count). The summed E-state index contributed by atoms with van der Waals surface area (Å²) in [5.74, 6) is 0.775. The van der Waals surface area contributed by atoms with Gasteiger partial charge in [-0.05, 0) is 18.6 Å². The van der Waals surface area contributed by atoms with Gasteiger partial charge in [0.25, 0.3) is 0 Å². The zero-order chi connectivity index (χ0) is 11.4. The summed E-state index contributed by atoms with van der Waals surface area (Å²) < 4.78 is 0. The number of hydrogen-bond acceptors (Lipinski definition) is 4. The highest BCUT2D eigenvalue weighted by Gasteiger charge is 2.17. The van der Waals surface area contributed by atoms with E-state index in [1.54, 1.807) is 18.3 Å². The highest BCUT2D eigenvalue weighted by atomic mass is 16.1. The molecule has 1 saturated heterocycles. The molecule has 0 spiro atoms. The molecule has 2 N–H and O–H groups in total. The third kappa shape index (κ3) is 2.48. The maximum atomic E-state index is 11.0. The number of nitrogens with one attached hydrogen (secondary N) is 2. The normalized spacial score (nSPS) is 19.7. The fourth-order valence-corrected chi connectivity index (χ4v) is 1.64. The van der Waals surface area contributed by atoms with Crippen molar-refractivity contribution >= 4 is 11.7 Å². The van der Waals surface area contributed by atoms with Crippen molar-refractivity contribution in [1.82, 2.24) is 10.3 Å². The van der Waals surface area contributed by atoms with Crippen LogP contribution in [0.4, 0.5) is 5.82 Å². The van der Waals surface area contributed by atoms with E-state index in [9.17, 15) is 4.79 Å². The lowest BCUT2D eigenvalue weighted by atomic mass is 10.1. The van der Waals surface area contributed by atoms with Gasteiger partial charge in [-0.15, -0.1) is 0 Å². The Morgan fingerprint density at radius 2 is 2.50 bits per heavy atom. The summed E-state index contributed by atoms with van der Waals surface area (Å²) in [6, 6.07) is 5.62. The molecule has 1 unspecified atom stereocenters. The predicted octanol–water partition coefficient (Wildman–Crippen LogP) is 0.644. The van der Waals surface area contributed by atoms with Crippen LogP contribution in [0.5, 0.6) is 0 Å². The summed E-state index contributed by atoms with van der Waals surface area (Å²) in [5.41, 5.74) is 0.581. The fraction of sp³-hybridized carbons (Fsp3) is 0.364. The van der Waals surface area contributed by atoms with Gasteiger partial charge in [0.1, 0.15) is 5.82 Å². The number of piperidine rings is 1. The Morgan fingerprint density at radius 1 is 1.62 bits per heavy atom. The molecular weight excluding hydrogens is 204 g/mol. The maximum Gasteiger partial charge on any atom is 0.220 e. The lowest BCUT2D eigenvalue weighted by Crippen LogP contribution is -2.42. The number of nitriles is 1. The van der Waals surface area contributed by atoms with Crippen LogP contribution < -0.4 is 10.6 Å². The van der Waals surface area contributed by atoms with Crippen LogP contribution in [0.3, 0.4) is 0 Å². The Balaban J connectivity index is 1.98. The van der Waals surface area contributed by atoms with Crippen LogP contribution in [0.25, 0.3) is 0 Å². The maximum absolute atomic E-state index is 11.0. The Morgan fingerprint density at radius 3 is 3.19 bits per heavy atom. The highest BCUT2D eigenvalue weighted by Crippen LogP contribution is 2.11. The molecule has 1 aliphatic heterocycles. The third-order valence-corrected chi connectivity index (χ3v) is 2.51. The van der Waals surface area contributed by atoms with E-state index in [4.69, 9.17) is 5.26 Å². The molecule has 0 saturated carbocycles. The predicted molar refractivity (Wildman–Crippen MR) is 58.6 cm³/mol. The largest absolute Gasteiger partial charge is 0.366 e. The molecule has 5 heteroatoms. The SMILES string of the molecule is N#Cc1ccnc(NC2CCC(=O)NC2)c1. The Kier molecular flexibility index (Phi) is 3.01. The molecule has 2 heterocycles. The standard InChI is InChI=1S/C11H12N4O/c12-6-8-3-4-13-10(5-8)15-9-1-2-11(16)14-7-9/h3-5,9H,1-2,7H2,(H,13,15)(H,14,16). The van der Waals surface area contributed by atoms with Crippen molar-refractivity contribution in [2.24, 2.45) is 0 Å². The smallest absolute Gasteiger partial charge is 0.220 e. The Hall–Kier alpha value is -2.09. The molecule has 0 aliphatic carbocycles. The van der Waals surface area contributed by atoms with Gasteiger partial charge in [-0.3, -0.25) is 4.79 Å². The van der Waals surface area contributed by atoms with Gasteiger partial charge in [-0.2, -0.15) is 5.26 Å². The molecule has 82 valence electrons. The first-order valence-corrected chi connectivity index (χ1v) is 5.17. The van der Waals surface area contributed by atoms with Gasteiger partial charge >= 0.3 is 0 Å². The molecule has 1 aromatic heterocycles. The van der Waals surface area contributed by atoms with Gasteiger partial charge < -0.3 is 10.6 Å². The topological polar surface area (TPSA) is 77.8 Å². The van der Waals surface area contributed by atoms with Crippen LogP contribution in [0.15, 0.2) is 18.3 Å². The summed E-state index contributed by atoms with van der Waals surface area (Å²) in [7, 11) is 0. The van der Waals surface area contributed by atoms with Crippen molar-refractivity contribution < 1.29 is 4.79 Å². The average Bonchev–Trinajstić information content (AvgIpc) is 2.32. The van der Waals surface area contributed by atoms with Crippen LogP contribution in [-0.4, -0.2) is 23.5 Å². The third-order valence-electron chi connectivity index (χ3n) is 2.51. The number of rotatable bonds is 2. The molecule has 0 bridgehead atoms. The fourth-order valence-electron chi connectivity index (χ4n) is 1.64. The summed E-state index contributed by atoms with van der Waals surface area (Å²) in [5, 5.41) is 14.7. The van der Waals surface area contributed by atoms with Gasteiger partial charge in [-0.25, -0.2) is 4.98 Å². The number of carbonyl (C=O) groups is 1. The molecule has 5 nitrogen and oxygen atoms in total. The number of carbonyl (C=O) groups excluding carboxylic acids is 1. The number of hydrogen-bond donors (Lipinski definition) is 2. The number of aromatic nitrogens is 1. The van der Waals surface area contributed by atoms with Gasteiger partial charge in [-0.1, -0.05) is 0 Å². The van der Waals surface area contributed by atoms with E-state index in [2.05, 4.69) is 21.7 Å². The molecule has 1 atom stereocenters. The minimum Gasteiger partial charge on any atom is -0.366 e. The summed E-state index contributed by atoms with van der Waals surface area (Å²) >= 11 is 0. The molecule has 16 heavy (non-hydrogen) atoms. The average molecular weight is 216 g/mol. The van der Waals surface area contributed by atoms with Crippen molar-refractivity contribution in [3.8, 4) is 6.07 Å². The second-order valence-corrected chi connectivity index (χ2v) is 3.73. The van der Waals surface area contributed by atoms with E-state index in [0.717, 1.165) is 6.42 Å². The van der Waals surface area contributed by atoms with Gasteiger partial charge in [0.2, 0.25) is 5.91 Å². The highest BCUT2D eigenvalue weighted by molar-refractivity contribution is 5.76. The first-order chi connectivity index (χ1) is 7.78. The molecule has 1 aliphatic rings. The van der Waals surface area contributed by atoms with E-state index in [1.165, 1.54) is 0 Å². The summed E-state index contributed by atoms with van der Waals surface area (Å²) in [6.45, 7) is 0.608. The minimum atomic E-state index is 0.0942. The number of pyridine rings is 1. The molecule has 0 aromatic carbocycles. The quantitative estimate of drug-likeness (QED) is 0.760. The van der Waals surface area contributed by atoms with Crippen molar-refractivity contribution in [2.45, 2.75) is 18.9 Å². The van der Waals surface area contributed by atoms with Gasteiger partial charge in [0.15, 0.2) is 0 Å². The van der Waals surface area contributed by atoms with Crippen LogP contribution >= 0.6 is 0 Å². The molecule has 1 fully saturated rings. The monoisotopic (exact) mass is 216 g/mol. The molecule has 1 aromatic rings. The second kappa shape index (κ2) is 4.62. The lowest BCUT2D eigenvalue weighted by Gasteiger charge is -2.23. The zero-order valence-electron chi connectivity index (χ0n) is 8.73. The van der Waals surface area contributed by atoms with Crippen molar-refractivity contribution in [3.05, 3.63) is 23.9 Å². The Labute approximate surface area is 93.5 Å². The number of anilines is 1. The van der Waals surface area contributed by atoms with E-state index < -0.39 is 0 Å². The van der Waals surface area contributed by atoms with E-state index in [1.807, 2.05) is 0 Å². The van der Waals surface area contributed by atoms with Gasteiger partial charge in [0.05, 0.1) is 11.6 Å². The summed E-state index contributed by atoms with van der Waals surface area (Å²) in [4.78, 5) is 15.1. The van der Waals surface area contributed by atoms with Crippen LogP contribution in [-0.2, 0) is 4.79 Å². The first kappa shape index (κ1) is 10.4. The summed E-state index contributed by atoms with van der Waals surface area (Å²) in [6.07, 6.45) is 2.93. The van der Waals surface area contributed by atoms with E-state index >= 15 is 0 Å². The van der Waals surface area contributed by atoms with E-state index in [-0.39, 0.29) is 11.9 Å². The molecular formula is C11H12N4O. The molecule has 1 amide bonds. The Bertz CT molecular complexity index is 428. The van der Waals surface area contributed by atoms with Crippen LogP contribution in [0.1, 0.15) is 18.4 Å².